The number of fused-ring (bicyclic) bond motifs is 1. The fraction of sp³-hybridized carbons (Fsp3) is 0.400. The van der Waals surface area contributed by atoms with Gasteiger partial charge in [-0.1, -0.05) is 15.9 Å². The SMILES string of the molecule is Cc1cc(Br)cc2cc(C(=O)NC(C)CCCO)oc12. The quantitative estimate of drug-likeness (QED) is 0.877. The zero-order valence-electron chi connectivity index (χ0n) is 11.6. The minimum atomic E-state index is -0.220. The maximum atomic E-state index is 12.1. The lowest BCUT2D eigenvalue weighted by Gasteiger charge is -2.11. The van der Waals surface area contributed by atoms with Crippen LogP contribution in [0.3, 0.4) is 0 Å². The van der Waals surface area contributed by atoms with Gasteiger partial charge in [0.2, 0.25) is 0 Å². The molecule has 0 saturated heterocycles. The Bertz CT molecular complexity index is 621. The van der Waals surface area contributed by atoms with E-state index in [0.29, 0.717) is 12.2 Å². The first-order valence-corrected chi connectivity index (χ1v) is 7.42. The van der Waals surface area contributed by atoms with Gasteiger partial charge in [-0.25, -0.2) is 0 Å². The van der Waals surface area contributed by atoms with Crippen molar-refractivity contribution < 1.29 is 14.3 Å². The third-order valence-electron chi connectivity index (χ3n) is 3.16. The standard InChI is InChI=1S/C15H18BrNO3/c1-9-6-12(16)7-11-8-13(20-14(9)11)15(19)17-10(2)4-3-5-18/h6-8,10,18H,3-5H2,1-2H3,(H,17,19). The number of rotatable bonds is 5. The van der Waals surface area contributed by atoms with Crippen LogP contribution in [-0.4, -0.2) is 23.7 Å². The second-order valence-corrected chi connectivity index (χ2v) is 5.91. The van der Waals surface area contributed by atoms with Crippen LogP contribution in [0, 0.1) is 6.92 Å². The summed E-state index contributed by atoms with van der Waals surface area (Å²) < 4.78 is 6.60. The first kappa shape index (κ1) is 15.1. The van der Waals surface area contributed by atoms with Gasteiger partial charge in [-0.3, -0.25) is 4.79 Å². The van der Waals surface area contributed by atoms with Gasteiger partial charge in [0.25, 0.3) is 5.91 Å². The van der Waals surface area contributed by atoms with E-state index in [1.165, 1.54) is 0 Å². The van der Waals surface area contributed by atoms with Gasteiger partial charge in [-0.05, 0) is 50.5 Å². The highest BCUT2D eigenvalue weighted by molar-refractivity contribution is 9.10. The van der Waals surface area contributed by atoms with E-state index < -0.39 is 0 Å². The summed E-state index contributed by atoms with van der Waals surface area (Å²) in [5.41, 5.74) is 1.73. The molecule has 1 aromatic heterocycles. The maximum absolute atomic E-state index is 12.1. The molecule has 0 bridgehead atoms. The first-order valence-electron chi connectivity index (χ1n) is 6.62. The molecule has 0 saturated carbocycles. The number of hydrogen-bond donors (Lipinski definition) is 2. The van der Waals surface area contributed by atoms with E-state index in [-0.39, 0.29) is 18.6 Å². The molecule has 1 amide bonds. The summed E-state index contributed by atoms with van der Waals surface area (Å²) in [7, 11) is 0. The van der Waals surface area contributed by atoms with Crippen molar-refractivity contribution in [2.45, 2.75) is 32.7 Å². The number of nitrogens with one attached hydrogen (secondary N) is 1. The van der Waals surface area contributed by atoms with Crippen molar-refractivity contribution in [3.8, 4) is 0 Å². The highest BCUT2D eigenvalue weighted by atomic mass is 79.9. The number of hydrogen-bond acceptors (Lipinski definition) is 3. The number of furan rings is 1. The Kier molecular flexibility index (Phi) is 4.83. The molecule has 5 heteroatoms. The molecule has 2 N–H and O–H groups in total. The molecule has 0 aliphatic carbocycles. The van der Waals surface area contributed by atoms with Crippen LogP contribution in [-0.2, 0) is 0 Å². The molecular weight excluding hydrogens is 322 g/mol. The summed E-state index contributed by atoms with van der Waals surface area (Å²) in [5, 5.41) is 12.6. The molecule has 0 spiro atoms. The molecule has 0 radical (unpaired) electrons. The first-order chi connectivity index (χ1) is 9.51. The molecule has 1 unspecified atom stereocenters. The number of aliphatic hydroxyl groups is 1. The minimum absolute atomic E-state index is 0.00990. The Morgan fingerprint density at radius 3 is 2.90 bits per heavy atom. The predicted octanol–water partition coefficient (Wildman–Crippen LogP) is 3.39. The number of aliphatic hydroxyl groups excluding tert-OH is 1. The molecule has 1 aromatic carbocycles. The molecule has 0 aliphatic heterocycles. The fourth-order valence-corrected chi connectivity index (χ4v) is 2.75. The van der Waals surface area contributed by atoms with Gasteiger partial charge in [0.1, 0.15) is 5.58 Å². The Hall–Kier alpha value is -1.33. The van der Waals surface area contributed by atoms with Crippen LogP contribution in [0.1, 0.15) is 35.9 Å². The van der Waals surface area contributed by atoms with Crippen LogP contribution < -0.4 is 5.32 Å². The minimum Gasteiger partial charge on any atom is -0.451 e. The van der Waals surface area contributed by atoms with Crippen molar-refractivity contribution in [2.24, 2.45) is 0 Å². The average Bonchev–Trinajstić information content (AvgIpc) is 2.80. The molecule has 108 valence electrons. The summed E-state index contributed by atoms with van der Waals surface area (Å²) in [4.78, 5) is 12.1. The monoisotopic (exact) mass is 339 g/mol. The van der Waals surface area contributed by atoms with Crippen LogP contribution in [0.25, 0.3) is 11.0 Å². The normalized spacial score (nSPS) is 12.6. The van der Waals surface area contributed by atoms with E-state index in [0.717, 1.165) is 27.4 Å². The van der Waals surface area contributed by atoms with Crippen molar-refractivity contribution in [2.75, 3.05) is 6.61 Å². The summed E-state index contributed by atoms with van der Waals surface area (Å²) >= 11 is 3.43. The van der Waals surface area contributed by atoms with Gasteiger partial charge < -0.3 is 14.8 Å². The van der Waals surface area contributed by atoms with Gasteiger partial charge >= 0.3 is 0 Å². The number of carbonyl (C=O) groups is 1. The van der Waals surface area contributed by atoms with Crippen LogP contribution in [0.2, 0.25) is 0 Å². The molecular formula is C15H18BrNO3. The Morgan fingerprint density at radius 1 is 1.45 bits per heavy atom. The van der Waals surface area contributed by atoms with E-state index in [4.69, 9.17) is 9.52 Å². The smallest absolute Gasteiger partial charge is 0.287 e. The Balaban J connectivity index is 2.16. The lowest BCUT2D eigenvalue weighted by Crippen LogP contribution is -2.32. The molecule has 4 nitrogen and oxygen atoms in total. The molecule has 20 heavy (non-hydrogen) atoms. The largest absolute Gasteiger partial charge is 0.451 e. The third kappa shape index (κ3) is 3.41. The lowest BCUT2D eigenvalue weighted by molar-refractivity contribution is 0.0910. The van der Waals surface area contributed by atoms with Crippen LogP contribution in [0.4, 0.5) is 0 Å². The summed E-state index contributed by atoms with van der Waals surface area (Å²) in [6.07, 6.45) is 1.42. The van der Waals surface area contributed by atoms with Crippen molar-refractivity contribution >= 4 is 32.8 Å². The van der Waals surface area contributed by atoms with E-state index in [2.05, 4.69) is 21.2 Å². The number of benzene rings is 1. The molecule has 0 aliphatic rings. The van der Waals surface area contributed by atoms with Gasteiger partial charge in [-0.2, -0.15) is 0 Å². The zero-order valence-corrected chi connectivity index (χ0v) is 13.2. The summed E-state index contributed by atoms with van der Waals surface area (Å²) in [5.74, 6) is 0.0965. The van der Waals surface area contributed by atoms with Crippen LogP contribution in [0.15, 0.2) is 27.1 Å². The Labute approximate surface area is 126 Å². The topological polar surface area (TPSA) is 62.5 Å². The van der Waals surface area contributed by atoms with Gasteiger partial charge in [0.15, 0.2) is 5.76 Å². The summed E-state index contributed by atoms with van der Waals surface area (Å²) in [6, 6.07) is 5.65. The van der Waals surface area contributed by atoms with Gasteiger partial charge in [0, 0.05) is 22.5 Å². The molecule has 0 fully saturated rings. The molecule has 2 aromatic rings. The predicted molar refractivity (Wildman–Crippen MR) is 81.9 cm³/mol. The van der Waals surface area contributed by atoms with E-state index in [1.807, 2.05) is 26.0 Å². The second kappa shape index (κ2) is 6.41. The van der Waals surface area contributed by atoms with E-state index in [1.54, 1.807) is 6.07 Å². The molecule has 1 atom stereocenters. The highest BCUT2D eigenvalue weighted by Crippen LogP contribution is 2.27. The average molecular weight is 340 g/mol. The number of carbonyl (C=O) groups excluding carboxylic acids is 1. The van der Waals surface area contributed by atoms with Crippen molar-refractivity contribution in [3.63, 3.8) is 0 Å². The number of aryl methyl sites for hydroxylation is 1. The van der Waals surface area contributed by atoms with Gasteiger partial charge in [-0.15, -0.1) is 0 Å². The van der Waals surface area contributed by atoms with Crippen LogP contribution >= 0.6 is 15.9 Å². The Morgan fingerprint density at radius 2 is 2.20 bits per heavy atom. The van der Waals surface area contributed by atoms with Crippen LogP contribution in [0.5, 0.6) is 0 Å². The zero-order chi connectivity index (χ0) is 14.7. The molecule has 1 heterocycles. The maximum Gasteiger partial charge on any atom is 0.287 e. The fourth-order valence-electron chi connectivity index (χ4n) is 2.16. The number of amides is 1. The van der Waals surface area contributed by atoms with Gasteiger partial charge in [0.05, 0.1) is 0 Å². The summed E-state index contributed by atoms with van der Waals surface area (Å²) in [6.45, 7) is 4.00. The molecule has 2 rings (SSSR count). The van der Waals surface area contributed by atoms with E-state index >= 15 is 0 Å². The highest BCUT2D eigenvalue weighted by Gasteiger charge is 2.15. The van der Waals surface area contributed by atoms with E-state index in [9.17, 15) is 4.79 Å². The van der Waals surface area contributed by atoms with Crippen molar-refractivity contribution in [3.05, 3.63) is 34.0 Å². The van der Waals surface area contributed by atoms with Crippen molar-refractivity contribution in [1.82, 2.24) is 5.32 Å². The lowest BCUT2D eigenvalue weighted by atomic mass is 10.1. The number of halogens is 1. The second-order valence-electron chi connectivity index (χ2n) is 4.99. The third-order valence-corrected chi connectivity index (χ3v) is 3.62. The van der Waals surface area contributed by atoms with Crippen molar-refractivity contribution in [1.29, 1.82) is 0 Å².